The summed E-state index contributed by atoms with van der Waals surface area (Å²) >= 11 is 6.25. The normalized spacial score (nSPS) is 11.2. The second-order valence-corrected chi connectivity index (χ2v) is 5.91. The SMILES string of the molecule is COc1ccccc1Cn1cnc2c([nH]c3cccc(Cl)c32)c1=O. The fourth-order valence-corrected chi connectivity index (χ4v) is 3.19. The smallest absolute Gasteiger partial charge is 0.278 e. The van der Waals surface area contributed by atoms with Crippen molar-refractivity contribution in [1.82, 2.24) is 14.5 Å². The van der Waals surface area contributed by atoms with Crippen LogP contribution in [0.3, 0.4) is 0 Å². The predicted molar refractivity (Wildman–Crippen MR) is 95.0 cm³/mol. The molecule has 5 nitrogen and oxygen atoms in total. The number of benzene rings is 2. The van der Waals surface area contributed by atoms with Crippen LogP contribution in [0.2, 0.25) is 5.02 Å². The number of aromatic nitrogens is 3. The number of H-pyrrole nitrogens is 1. The van der Waals surface area contributed by atoms with Crippen molar-refractivity contribution in [2.45, 2.75) is 6.54 Å². The molecule has 2 heterocycles. The van der Waals surface area contributed by atoms with Gasteiger partial charge >= 0.3 is 0 Å². The topological polar surface area (TPSA) is 59.9 Å². The number of methoxy groups -OCH3 is 1. The van der Waals surface area contributed by atoms with Gasteiger partial charge in [0, 0.05) is 16.5 Å². The maximum Gasteiger partial charge on any atom is 0.278 e. The third kappa shape index (κ3) is 2.25. The Morgan fingerprint density at radius 1 is 1.21 bits per heavy atom. The number of ether oxygens (including phenoxy) is 1. The zero-order valence-corrected chi connectivity index (χ0v) is 13.7. The molecule has 0 unspecified atom stereocenters. The summed E-state index contributed by atoms with van der Waals surface area (Å²) in [7, 11) is 1.61. The van der Waals surface area contributed by atoms with Gasteiger partial charge in [0.1, 0.15) is 16.8 Å². The zero-order chi connectivity index (χ0) is 16.7. The average Bonchev–Trinajstić information content (AvgIpc) is 2.98. The third-order valence-corrected chi connectivity index (χ3v) is 4.40. The van der Waals surface area contributed by atoms with E-state index in [9.17, 15) is 4.79 Å². The van der Waals surface area contributed by atoms with Crippen molar-refractivity contribution in [3.05, 3.63) is 69.7 Å². The fourth-order valence-electron chi connectivity index (χ4n) is 2.92. The Bertz CT molecular complexity index is 1110. The van der Waals surface area contributed by atoms with Crippen LogP contribution in [0.1, 0.15) is 5.56 Å². The quantitative estimate of drug-likeness (QED) is 0.620. The van der Waals surface area contributed by atoms with Gasteiger partial charge in [0.15, 0.2) is 0 Å². The lowest BCUT2D eigenvalue weighted by atomic mass is 10.2. The highest BCUT2D eigenvalue weighted by Gasteiger charge is 2.14. The third-order valence-electron chi connectivity index (χ3n) is 4.08. The number of nitrogens with zero attached hydrogens (tertiary/aromatic N) is 2. The molecule has 4 rings (SSSR count). The van der Waals surface area contributed by atoms with Gasteiger partial charge in [-0.2, -0.15) is 0 Å². The molecule has 4 aromatic rings. The molecular formula is C18H14ClN3O2. The van der Waals surface area contributed by atoms with Gasteiger partial charge in [-0.1, -0.05) is 35.9 Å². The Kier molecular flexibility index (Phi) is 3.50. The fraction of sp³-hybridized carbons (Fsp3) is 0.111. The summed E-state index contributed by atoms with van der Waals surface area (Å²) in [6, 6.07) is 13.1. The van der Waals surface area contributed by atoms with Crippen molar-refractivity contribution in [2.24, 2.45) is 0 Å². The van der Waals surface area contributed by atoms with Gasteiger partial charge in [-0.05, 0) is 18.2 Å². The van der Waals surface area contributed by atoms with Crippen LogP contribution in [0.4, 0.5) is 0 Å². The van der Waals surface area contributed by atoms with E-state index in [4.69, 9.17) is 16.3 Å². The minimum atomic E-state index is -0.141. The van der Waals surface area contributed by atoms with E-state index in [0.29, 0.717) is 22.6 Å². The Hall–Kier alpha value is -2.79. The minimum Gasteiger partial charge on any atom is -0.496 e. The summed E-state index contributed by atoms with van der Waals surface area (Å²) in [5, 5.41) is 1.35. The first kappa shape index (κ1) is 14.8. The molecule has 1 N–H and O–H groups in total. The number of para-hydroxylation sites is 1. The van der Waals surface area contributed by atoms with Crippen molar-refractivity contribution in [2.75, 3.05) is 7.11 Å². The molecule has 0 radical (unpaired) electrons. The molecule has 0 saturated carbocycles. The van der Waals surface area contributed by atoms with Gasteiger partial charge in [-0.15, -0.1) is 0 Å². The van der Waals surface area contributed by atoms with Gasteiger partial charge in [-0.25, -0.2) is 4.98 Å². The highest BCUT2D eigenvalue weighted by molar-refractivity contribution is 6.37. The molecule has 0 fully saturated rings. The van der Waals surface area contributed by atoms with Crippen LogP contribution in [0, 0.1) is 0 Å². The summed E-state index contributed by atoms with van der Waals surface area (Å²) < 4.78 is 6.91. The van der Waals surface area contributed by atoms with E-state index < -0.39 is 0 Å². The van der Waals surface area contributed by atoms with Crippen molar-refractivity contribution < 1.29 is 4.74 Å². The summed E-state index contributed by atoms with van der Waals surface area (Å²) in [4.78, 5) is 20.4. The van der Waals surface area contributed by atoms with Crippen molar-refractivity contribution >= 4 is 33.5 Å². The van der Waals surface area contributed by atoms with Crippen LogP contribution >= 0.6 is 11.6 Å². The average molecular weight is 340 g/mol. The molecule has 0 aliphatic rings. The lowest BCUT2D eigenvalue weighted by Gasteiger charge is -2.09. The number of fused-ring (bicyclic) bond motifs is 3. The maximum absolute atomic E-state index is 12.8. The number of hydrogen-bond donors (Lipinski definition) is 1. The Balaban J connectivity index is 1.89. The molecule has 2 aromatic carbocycles. The van der Waals surface area contributed by atoms with Crippen LogP contribution in [0.5, 0.6) is 5.75 Å². The van der Waals surface area contributed by atoms with Gasteiger partial charge in [0.05, 0.1) is 25.0 Å². The molecule has 0 aliphatic heterocycles. The number of rotatable bonds is 3. The van der Waals surface area contributed by atoms with E-state index in [0.717, 1.165) is 22.2 Å². The standard InChI is InChI=1S/C18H14ClN3O2/c1-24-14-8-3-2-5-11(14)9-22-10-20-16-15-12(19)6-4-7-13(15)21-17(16)18(22)23/h2-8,10,21H,9H2,1H3. The molecule has 0 spiro atoms. The minimum absolute atomic E-state index is 0.141. The zero-order valence-electron chi connectivity index (χ0n) is 12.9. The predicted octanol–water partition coefficient (Wildman–Crippen LogP) is 3.59. The molecular weight excluding hydrogens is 326 g/mol. The van der Waals surface area contributed by atoms with E-state index in [1.54, 1.807) is 24.1 Å². The highest BCUT2D eigenvalue weighted by atomic mass is 35.5. The van der Waals surface area contributed by atoms with Crippen LogP contribution in [0.15, 0.2) is 53.6 Å². The second-order valence-electron chi connectivity index (χ2n) is 5.50. The molecule has 2 aromatic heterocycles. The first-order chi connectivity index (χ1) is 11.7. The number of hydrogen-bond acceptors (Lipinski definition) is 3. The van der Waals surface area contributed by atoms with E-state index in [1.165, 1.54) is 0 Å². The second kappa shape index (κ2) is 5.69. The molecule has 120 valence electrons. The summed E-state index contributed by atoms with van der Waals surface area (Å²) in [5.41, 5.74) is 2.63. The summed E-state index contributed by atoms with van der Waals surface area (Å²) in [6.07, 6.45) is 1.55. The van der Waals surface area contributed by atoms with E-state index in [2.05, 4.69) is 9.97 Å². The van der Waals surface area contributed by atoms with Crippen molar-refractivity contribution in [3.8, 4) is 5.75 Å². The molecule has 0 bridgehead atoms. The molecule has 0 amide bonds. The molecule has 0 aliphatic carbocycles. The van der Waals surface area contributed by atoms with Gasteiger partial charge < -0.3 is 9.72 Å². The highest BCUT2D eigenvalue weighted by Crippen LogP contribution is 2.28. The number of nitrogens with one attached hydrogen (secondary N) is 1. The first-order valence-corrected chi connectivity index (χ1v) is 7.84. The number of halogens is 1. The van der Waals surface area contributed by atoms with Gasteiger partial charge in [0.2, 0.25) is 0 Å². The number of aromatic amines is 1. The van der Waals surface area contributed by atoms with E-state index in [1.807, 2.05) is 36.4 Å². The summed E-state index contributed by atoms with van der Waals surface area (Å²) in [6.45, 7) is 0.384. The monoisotopic (exact) mass is 339 g/mol. The molecule has 0 saturated heterocycles. The largest absolute Gasteiger partial charge is 0.496 e. The Labute approximate surface area is 142 Å². The lowest BCUT2D eigenvalue weighted by Crippen LogP contribution is -2.21. The Morgan fingerprint density at radius 2 is 2.04 bits per heavy atom. The van der Waals surface area contributed by atoms with Gasteiger partial charge in [0.25, 0.3) is 5.56 Å². The molecule has 24 heavy (non-hydrogen) atoms. The van der Waals surface area contributed by atoms with Crippen LogP contribution in [-0.4, -0.2) is 21.6 Å². The summed E-state index contributed by atoms with van der Waals surface area (Å²) in [5.74, 6) is 0.740. The molecule has 6 heteroatoms. The van der Waals surface area contributed by atoms with Crippen molar-refractivity contribution in [3.63, 3.8) is 0 Å². The van der Waals surface area contributed by atoms with Crippen LogP contribution < -0.4 is 10.3 Å². The van der Waals surface area contributed by atoms with Gasteiger partial charge in [-0.3, -0.25) is 9.36 Å². The first-order valence-electron chi connectivity index (χ1n) is 7.46. The lowest BCUT2D eigenvalue weighted by molar-refractivity contribution is 0.408. The van der Waals surface area contributed by atoms with Crippen LogP contribution in [-0.2, 0) is 6.54 Å². The molecule has 0 atom stereocenters. The Morgan fingerprint density at radius 3 is 2.88 bits per heavy atom. The van der Waals surface area contributed by atoms with Crippen LogP contribution in [0.25, 0.3) is 21.9 Å². The maximum atomic E-state index is 12.8. The van der Waals surface area contributed by atoms with E-state index >= 15 is 0 Å². The van der Waals surface area contributed by atoms with Crippen molar-refractivity contribution in [1.29, 1.82) is 0 Å². The van der Waals surface area contributed by atoms with E-state index in [-0.39, 0.29) is 5.56 Å².